The Bertz CT molecular complexity index is 1530. The molecule has 2 unspecified atom stereocenters. The van der Waals surface area contributed by atoms with Gasteiger partial charge in [-0.15, -0.1) is 0 Å². The van der Waals surface area contributed by atoms with E-state index in [0.29, 0.717) is 28.5 Å². The molecule has 41 heavy (non-hydrogen) atoms. The van der Waals surface area contributed by atoms with Gasteiger partial charge in [-0.05, 0) is 70.3 Å². The number of esters is 1. The van der Waals surface area contributed by atoms with Crippen LogP contribution in [0.2, 0.25) is 0 Å². The molecular weight excluding hydrogens is 524 g/mol. The molecule has 1 fully saturated rings. The first-order chi connectivity index (χ1) is 19.8. The van der Waals surface area contributed by atoms with Crippen LogP contribution in [-0.2, 0) is 19.7 Å². The van der Waals surface area contributed by atoms with E-state index in [4.69, 9.17) is 18.9 Å². The Balaban J connectivity index is 1.46. The summed E-state index contributed by atoms with van der Waals surface area (Å²) in [7, 11) is 0. The molecule has 10 heteroatoms. The van der Waals surface area contributed by atoms with Gasteiger partial charge in [-0.25, -0.2) is 14.8 Å². The van der Waals surface area contributed by atoms with Crippen LogP contribution in [0.15, 0.2) is 49.1 Å². The van der Waals surface area contributed by atoms with Crippen LogP contribution in [-0.4, -0.2) is 60.0 Å². The lowest BCUT2D eigenvalue weighted by molar-refractivity contribution is -0.159. The molecule has 0 saturated carbocycles. The number of ether oxygens (including phenoxy) is 4. The number of hydrogen-bond donors (Lipinski definition) is 1. The Morgan fingerprint density at radius 1 is 1.07 bits per heavy atom. The van der Waals surface area contributed by atoms with Crippen LogP contribution >= 0.6 is 0 Å². The van der Waals surface area contributed by atoms with E-state index in [2.05, 4.69) is 15.3 Å². The third-order valence-electron chi connectivity index (χ3n) is 8.32. The van der Waals surface area contributed by atoms with E-state index in [1.165, 1.54) is 6.33 Å². The van der Waals surface area contributed by atoms with E-state index in [1.807, 2.05) is 45.0 Å². The smallest absolute Gasteiger partial charge is 0.330 e. The van der Waals surface area contributed by atoms with Crippen LogP contribution in [0.25, 0.3) is 11.1 Å². The Morgan fingerprint density at radius 2 is 1.80 bits per heavy atom. The molecule has 0 radical (unpaired) electrons. The van der Waals surface area contributed by atoms with Crippen molar-refractivity contribution < 1.29 is 28.5 Å². The van der Waals surface area contributed by atoms with E-state index in [9.17, 15) is 4.79 Å². The van der Waals surface area contributed by atoms with Gasteiger partial charge in [-0.1, -0.05) is 12.1 Å². The minimum atomic E-state index is -1.22. The zero-order chi connectivity index (χ0) is 28.4. The van der Waals surface area contributed by atoms with Crippen molar-refractivity contribution in [2.24, 2.45) is 5.92 Å². The van der Waals surface area contributed by atoms with Gasteiger partial charge < -0.3 is 24.3 Å². The second-order valence-electron chi connectivity index (χ2n) is 12.0. The summed E-state index contributed by atoms with van der Waals surface area (Å²) in [4.78, 5) is 39.3. The zero-order valence-corrected chi connectivity index (χ0v) is 23.3. The quantitative estimate of drug-likeness (QED) is 0.482. The van der Waals surface area contributed by atoms with E-state index in [0.717, 1.165) is 42.6 Å². The summed E-state index contributed by atoms with van der Waals surface area (Å²) in [6.45, 7) is 7.26. The molecule has 212 valence electrons. The number of rotatable bonds is 4. The molecule has 2 atom stereocenters. The van der Waals surface area contributed by atoms with Gasteiger partial charge in [0, 0.05) is 35.2 Å². The number of piperidine rings is 1. The van der Waals surface area contributed by atoms with Crippen molar-refractivity contribution >= 4 is 17.6 Å². The van der Waals surface area contributed by atoms with Gasteiger partial charge >= 0.3 is 5.97 Å². The second kappa shape index (κ2) is 9.44. The number of hydrogen-bond acceptors (Lipinski definition) is 9. The van der Waals surface area contributed by atoms with E-state index < -0.39 is 23.0 Å². The third-order valence-corrected chi connectivity index (χ3v) is 8.32. The summed E-state index contributed by atoms with van der Waals surface area (Å²) in [5.74, 6) is 0.992. The standard InChI is InChI=1S/C31H32N4O6/c1-30(2,3)41-28(36)27(18-7-9-32-10-8-18)35-22-6-4-5-20(19-13-33-16-34-14-19)26(22)31(29(35)37)15-38-23-12-25-24(11-21(23)31)39-17-40-25/h4-6,11-14,16,18,27,32H,7-10,15,17H2,1-3H3. The van der Waals surface area contributed by atoms with Crippen molar-refractivity contribution in [3.8, 4) is 28.4 Å². The van der Waals surface area contributed by atoms with Crippen LogP contribution < -0.4 is 24.4 Å². The average Bonchev–Trinajstić information content (AvgIpc) is 3.64. The number of carbonyl (C=O) groups is 2. The maximum Gasteiger partial charge on any atom is 0.330 e. The predicted molar refractivity (Wildman–Crippen MR) is 149 cm³/mol. The van der Waals surface area contributed by atoms with Gasteiger partial charge in [0.2, 0.25) is 12.7 Å². The molecule has 1 amide bonds. The molecule has 3 aromatic rings. The molecule has 1 saturated heterocycles. The average molecular weight is 557 g/mol. The Hall–Kier alpha value is -4.18. The maximum atomic E-state index is 15.1. The van der Waals surface area contributed by atoms with Crippen molar-refractivity contribution in [2.75, 3.05) is 31.4 Å². The van der Waals surface area contributed by atoms with Crippen molar-refractivity contribution in [1.29, 1.82) is 0 Å². The van der Waals surface area contributed by atoms with Gasteiger partial charge in [-0.2, -0.15) is 0 Å². The molecule has 4 aliphatic heterocycles. The molecule has 7 rings (SSSR count). The summed E-state index contributed by atoms with van der Waals surface area (Å²) < 4.78 is 23.6. The number of nitrogens with one attached hydrogen (secondary N) is 1. The largest absolute Gasteiger partial charge is 0.491 e. The van der Waals surface area contributed by atoms with E-state index in [1.54, 1.807) is 23.4 Å². The fourth-order valence-corrected chi connectivity index (χ4v) is 6.62. The monoisotopic (exact) mass is 556 g/mol. The minimum Gasteiger partial charge on any atom is -0.491 e. The first-order valence-electron chi connectivity index (χ1n) is 14.0. The summed E-state index contributed by atoms with van der Waals surface area (Å²) in [5.41, 5.74) is 1.76. The lowest BCUT2D eigenvalue weighted by atomic mass is 9.74. The highest BCUT2D eigenvalue weighted by Gasteiger charge is 2.61. The van der Waals surface area contributed by atoms with Crippen molar-refractivity contribution in [1.82, 2.24) is 15.3 Å². The number of fused-ring (bicyclic) bond motifs is 5. The number of nitrogens with zero attached hydrogens (tertiary/aromatic N) is 3. The summed E-state index contributed by atoms with van der Waals surface area (Å²) in [5, 5.41) is 3.38. The fourth-order valence-electron chi connectivity index (χ4n) is 6.62. The molecule has 2 aromatic carbocycles. The zero-order valence-electron chi connectivity index (χ0n) is 23.3. The van der Waals surface area contributed by atoms with Gasteiger partial charge in [0.25, 0.3) is 0 Å². The molecule has 0 aliphatic carbocycles. The highest BCUT2D eigenvalue weighted by Crippen LogP contribution is 2.58. The molecule has 0 bridgehead atoms. The van der Waals surface area contributed by atoms with Crippen LogP contribution in [0.3, 0.4) is 0 Å². The van der Waals surface area contributed by atoms with Crippen LogP contribution in [0.5, 0.6) is 17.2 Å². The summed E-state index contributed by atoms with van der Waals surface area (Å²) in [6.07, 6.45) is 6.43. The minimum absolute atomic E-state index is 0.0749. The molecule has 5 heterocycles. The highest BCUT2D eigenvalue weighted by atomic mass is 16.7. The van der Waals surface area contributed by atoms with E-state index in [-0.39, 0.29) is 25.2 Å². The first-order valence-corrected chi connectivity index (χ1v) is 14.0. The topological polar surface area (TPSA) is 112 Å². The van der Waals surface area contributed by atoms with Crippen molar-refractivity contribution in [2.45, 2.75) is 50.7 Å². The highest BCUT2D eigenvalue weighted by molar-refractivity contribution is 6.16. The van der Waals surface area contributed by atoms with Gasteiger partial charge in [0.05, 0.1) is 5.69 Å². The van der Waals surface area contributed by atoms with Crippen molar-refractivity contribution in [3.63, 3.8) is 0 Å². The molecule has 10 nitrogen and oxygen atoms in total. The number of amides is 1. The molecule has 1 N–H and O–H groups in total. The lowest BCUT2D eigenvalue weighted by Gasteiger charge is -2.37. The molecule has 4 aliphatic rings. The number of anilines is 1. The fraction of sp³-hybridized carbons (Fsp3) is 0.419. The maximum absolute atomic E-state index is 15.1. The SMILES string of the molecule is CC(C)(C)OC(=O)C(C1CCNCC1)N1C(=O)C2(COc3cc4c(cc32)OCO4)c2c(-c3cncnc3)cccc21. The van der Waals surface area contributed by atoms with E-state index >= 15 is 4.79 Å². The Labute approximate surface area is 238 Å². The predicted octanol–water partition coefficient (Wildman–Crippen LogP) is 3.61. The summed E-state index contributed by atoms with van der Waals surface area (Å²) >= 11 is 0. The normalized spacial score (nSPS) is 21.9. The molecular formula is C31H32N4O6. The molecule has 1 spiro atoms. The Kier molecular flexibility index (Phi) is 5.93. The van der Waals surface area contributed by atoms with Gasteiger partial charge in [-0.3, -0.25) is 9.69 Å². The van der Waals surface area contributed by atoms with Crippen molar-refractivity contribution in [3.05, 3.63) is 60.2 Å². The summed E-state index contributed by atoms with van der Waals surface area (Å²) in [6, 6.07) is 8.62. The molecule has 1 aromatic heterocycles. The Morgan fingerprint density at radius 3 is 2.54 bits per heavy atom. The number of aromatic nitrogens is 2. The van der Waals surface area contributed by atoms with Gasteiger partial charge in [0.1, 0.15) is 35.7 Å². The lowest BCUT2D eigenvalue weighted by Crippen LogP contribution is -2.55. The first kappa shape index (κ1) is 25.8. The van der Waals surface area contributed by atoms with Gasteiger partial charge in [0.15, 0.2) is 11.5 Å². The number of carbonyl (C=O) groups excluding carboxylic acids is 2. The third kappa shape index (κ3) is 4.03. The van der Waals surface area contributed by atoms with Crippen LogP contribution in [0.1, 0.15) is 44.7 Å². The van der Waals surface area contributed by atoms with Crippen LogP contribution in [0, 0.1) is 5.92 Å². The van der Waals surface area contributed by atoms with Crippen LogP contribution in [0.4, 0.5) is 5.69 Å². The number of benzene rings is 2. The second-order valence-corrected chi connectivity index (χ2v) is 12.0.